The zero-order chi connectivity index (χ0) is 14.1. The van der Waals surface area contributed by atoms with Crippen LogP contribution in [0.15, 0.2) is 28.7 Å². The maximum Gasteiger partial charge on any atom is 0.0318 e. The SMILES string of the molecule is CCCCC(CC)CNC(CC)c1cccc(Br)c1. The minimum absolute atomic E-state index is 0.480. The number of hydrogen-bond acceptors (Lipinski definition) is 1. The smallest absolute Gasteiger partial charge is 0.0318 e. The van der Waals surface area contributed by atoms with Crippen molar-refractivity contribution in [3.05, 3.63) is 34.3 Å². The van der Waals surface area contributed by atoms with Crippen molar-refractivity contribution in [1.29, 1.82) is 0 Å². The van der Waals surface area contributed by atoms with Crippen molar-refractivity contribution in [2.24, 2.45) is 5.92 Å². The maximum absolute atomic E-state index is 3.75. The van der Waals surface area contributed by atoms with Gasteiger partial charge >= 0.3 is 0 Å². The summed E-state index contributed by atoms with van der Waals surface area (Å²) >= 11 is 3.56. The summed E-state index contributed by atoms with van der Waals surface area (Å²) in [6.07, 6.45) is 6.44. The Kier molecular flexibility index (Phi) is 8.40. The van der Waals surface area contributed by atoms with Gasteiger partial charge in [0.15, 0.2) is 0 Å². The van der Waals surface area contributed by atoms with E-state index in [0.717, 1.165) is 18.9 Å². The molecule has 1 N–H and O–H groups in total. The van der Waals surface area contributed by atoms with Gasteiger partial charge < -0.3 is 5.32 Å². The molecule has 0 saturated heterocycles. The second kappa shape index (κ2) is 9.55. The largest absolute Gasteiger partial charge is 0.310 e. The molecule has 108 valence electrons. The monoisotopic (exact) mass is 325 g/mol. The van der Waals surface area contributed by atoms with Crippen LogP contribution in [0, 0.1) is 5.92 Å². The van der Waals surface area contributed by atoms with Gasteiger partial charge in [-0.05, 0) is 43.0 Å². The third-order valence-electron chi connectivity index (χ3n) is 3.86. The lowest BCUT2D eigenvalue weighted by molar-refractivity contribution is 0.386. The molecule has 0 aliphatic rings. The summed E-state index contributed by atoms with van der Waals surface area (Å²) in [6.45, 7) is 7.98. The molecule has 0 saturated carbocycles. The van der Waals surface area contributed by atoms with Gasteiger partial charge in [-0.1, -0.05) is 68.1 Å². The highest BCUT2D eigenvalue weighted by Gasteiger charge is 2.12. The number of benzene rings is 1. The van der Waals surface area contributed by atoms with Crippen molar-refractivity contribution in [2.45, 2.75) is 58.9 Å². The summed E-state index contributed by atoms with van der Waals surface area (Å²) in [4.78, 5) is 0. The first-order valence-electron chi connectivity index (χ1n) is 7.70. The summed E-state index contributed by atoms with van der Waals surface area (Å²) in [5, 5.41) is 3.75. The minimum Gasteiger partial charge on any atom is -0.310 e. The van der Waals surface area contributed by atoms with Crippen LogP contribution >= 0.6 is 15.9 Å². The summed E-state index contributed by atoms with van der Waals surface area (Å²) in [7, 11) is 0. The fourth-order valence-corrected chi connectivity index (χ4v) is 2.89. The Labute approximate surface area is 127 Å². The van der Waals surface area contributed by atoms with E-state index in [-0.39, 0.29) is 0 Å². The van der Waals surface area contributed by atoms with E-state index in [9.17, 15) is 0 Å². The molecule has 1 rings (SSSR count). The third kappa shape index (κ3) is 6.09. The molecule has 0 heterocycles. The van der Waals surface area contributed by atoms with Crippen LogP contribution in [-0.4, -0.2) is 6.54 Å². The average molecular weight is 326 g/mol. The summed E-state index contributed by atoms with van der Waals surface area (Å²) in [5.41, 5.74) is 1.39. The first-order valence-corrected chi connectivity index (χ1v) is 8.49. The van der Waals surface area contributed by atoms with E-state index in [4.69, 9.17) is 0 Å². The van der Waals surface area contributed by atoms with Gasteiger partial charge in [0.25, 0.3) is 0 Å². The van der Waals surface area contributed by atoms with E-state index >= 15 is 0 Å². The molecule has 2 unspecified atom stereocenters. The predicted molar refractivity (Wildman–Crippen MR) is 88.5 cm³/mol. The summed E-state index contributed by atoms with van der Waals surface area (Å²) < 4.78 is 1.17. The molecule has 0 radical (unpaired) electrons. The van der Waals surface area contributed by atoms with Crippen LogP contribution in [0.25, 0.3) is 0 Å². The van der Waals surface area contributed by atoms with Crippen LogP contribution in [0.5, 0.6) is 0 Å². The number of nitrogens with one attached hydrogen (secondary N) is 1. The molecule has 0 aliphatic carbocycles. The van der Waals surface area contributed by atoms with E-state index in [1.807, 2.05) is 0 Å². The molecule has 1 nitrogen and oxygen atoms in total. The van der Waals surface area contributed by atoms with Gasteiger partial charge in [-0.25, -0.2) is 0 Å². The van der Waals surface area contributed by atoms with Crippen LogP contribution in [-0.2, 0) is 0 Å². The molecule has 0 spiro atoms. The molecule has 2 heteroatoms. The molecule has 0 aromatic heterocycles. The molecule has 0 bridgehead atoms. The van der Waals surface area contributed by atoms with E-state index < -0.39 is 0 Å². The fourth-order valence-electron chi connectivity index (χ4n) is 2.47. The van der Waals surface area contributed by atoms with E-state index in [2.05, 4.69) is 66.3 Å². The Bertz CT molecular complexity index is 351. The molecular weight excluding hydrogens is 298 g/mol. The van der Waals surface area contributed by atoms with Crippen molar-refractivity contribution in [3.8, 4) is 0 Å². The zero-order valence-electron chi connectivity index (χ0n) is 12.6. The Morgan fingerprint density at radius 3 is 2.53 bits per heavy atom. The number of unbranched alkanes of at least 4 members (excludes halogenated alkanes) is 1. The standard InChI is InChI=1S/C17H28BrN/c1-4-7-9-14(5-2)13-19-17(6-3)15-10-8-11-16(18)12-15/h8,10-12,14,17,19H,4-7,9,13H2,1-3H3. The highest BCUT2D eigenvalue weighted by atomic mass is 79.9. The van der Waals surface area contributed by atoms with Crippen LogP contribution in [0.3, 0.4) is 0 Å². The highest BCUT2D eigenvalue weighted by molar-refractivity contribution is 9.10. The third-order valence-corrected chi connectivity index (χ3v) is 4.35. The number of rotatable bonds is 9. The zero-order valence-corrected chi connectivity index (χ0v) is 14.2. The first kappa shape index (κ1) is 16.7. The van der Waals surface area contributed by atoms with Crippen LogP contribution in [0.4, 0.5) is 0 Å². The quantitative estimate of drug-likeness (QED) is 0.613. The lowest BCUT2D eigenvalue weighted by Crippen LogP contribution is -2.27. The molecule has 0 amide bonds. The Hall–Kier alpha value is -0.340. The highest BCUT2D eigenvalue weighted by Crippen LogP contribution is 2.21. The summed E-state index contributed by atoms with van der Waals surface area (Å²) in [6, 6.07) is 9.14. The molecule has 19 heavy (non-hydrogen) atoms. The Balaban J connectivity index is 2.52. The maximum atomic E-state index is 3.75. The average Bonchev–Trinajstić information content (AvgIpc) is 2.43. The second-order valence-corrected chi connectivity index (χ2v) is 6.26. The second-order valence-electron chi connectivity index (χ2n) is 5.34. The van der Waals surface area contributed by atoms with Gasteiger partial charge in [-0.15, -0.1) is 0 Å². The van der Waals surface area contributed by atoms with Gasteiger partial charge in [0.2, 0.25) is 0 Å². The van der Waals surface area contributed by atoms with Gasteiger partial charge in [0, 0.05) is 10.5 Å². The van der Waals surface area contributed by atoms with Gasteiger partial charge in [-0.3, -0.25) is 0 Å². The van der Waals surface area contributed by atoms with Gasteiger partial charge in [0.1, 0.15) is 0 Å². The van der Waals surface area contributed by atoms with Gasteiger partial charge in [-0.2, -0.15) is 0 Å². The number of halogens is 1. The molecule has 0 fully saturated rings. The van der Waals surface area contributed by atoms with E-state index in [0.29, 0.717) is 6.04 Å². The van der Waals surface area contributed by atoms with Crippen molar-refractivity contribution < 1.29 is 0 Å². The first-order chi connectivity index (χ1) is 9.21. The molecular formula is C17H28BrN. The van der Waals surface area contributed by atoms with Crippen molar-refractivity contribution in [3.63, 3.8) is 0 Å². The Morgan fingerprint density at radius 1 is 1.16 bits per heavy atom. The van der Waals surface area contributed by atoms with Crippen molar-refractivity contribution in [1.82, 2.24) is 5.32 Å². The predicted octanol–water partition coefficient (Wildman–Crippen LogP) is 5.71. The minimum atomic E-state index is 0.480. The Morgan fingerprint density at radius 2 is 1.95 bits per heavy atom. The fraction of sp³-hybridized carbons (Fsp3) is 0.647. The van der Waals surface area contributed by atoms with E-state index in [1.54, 1.807) is 0 Å². The van der Waals surface area contributed by atoms with Gasteiger partial charge in [0.05, 0.1) is 0 Å². The van der Waals surface area contributed by atoms with Crippen LogP contribution < -0.4 is 5.32 Å². The normalized spacial score (nSPS) is 14.3. The lowest BCUT2D eigenvalue weighted by atomic mass is 9.97. The van der Waals surface area contributed by atoms with Crippen LogP contribution in [0.2, 0.25) is 0 Å². The topological polar surface area (TPSA) is 12.0 Å². The lowest BCUT2D eigenvalue weighted by Gasteiger charge is -2.22. The molecule has 1 aromatic rings. The molecule has 1 aromatic carbocycles. The number of hydrogen-bond donors (Lipinski definition) is 1. The van der Waals surface area contributed by atoms with Crippen molar-refractivity contribution in [2.75, 3.05) is 6.54 Å². The van der Waals surface area contributed by atoms with E-state index in [1.165, 1.54) is 35.7 Å². The summed E-state index contributed by atoms with van der Waals surface area (Å²) in [5.74, 6) is 0.821. The van der Waals surface area contributed by atoms with Crippen molar-refractivity contribution >= 4 is 15.9 Å². The van der Waals surface area contributed by atoms with Crippen LogP contribution in [0.1, 0.15) is 64.5 Å². The molecule has 0 aliphatic heterocycles. The molecule has 2 atom stereocenters.